The van der Waals surface area contributed by atoms with Gasteiger partial charge in [-0.2, -0.15) is 0 Å². The van der Waals surface area contributed by atoms with Crippen LogP contribution in [0.4, 0.5) is 5.69 Å². The van der Waals surface area contributed by atoms with Gasteiger partial charge in [0.2, 0.25) is 0 Å². The van der Waals surface area contributed by atoms with E-state index < -0.39 is 0 Å². The number of hydrogen-bond acceptors (Lipinski definition) is 3. The number of phenols is 1. The molecule has 0 aromatic heterocycles. The van der Waals surface area contributed by atoms with E-state index in [1.165, 1.54) is 0 Å². The molecule has 0 unspecified atom stereocenters. The number of nitrogens with one attached hydrogen (secondary N) is 1. The lowest BCUT2D eigenvalue weighted by Crippen LogP contribution is -2.00. The van der Waals surface area contributed by atoms with E-state index >= 15 is 0 Å². The van der Waals surface area contributed by atoms with Gasteiger partial charge in [-0.05, 0) is 25.5 Å². The average Bonchev–Trinajstić information content (AvgIpc) is 2.12. The third kappa shape index (κ3) is 1.80. The standard InChI is InChI=1S/C10H13NO2/c1-3-11-9-7(2)4-5-8(6-12)10(9)13/h4-6,11,13H,3H2,1-2H3. The Labute approximate surface area is 77.4 Å². The van der Waals surface area contributed by atoms with Crippen molar-refractivity contribution in [2.24, 2.45) is 0 Å². The summed E-state index contributed by atoms with van der Waals surface area (Å²) in [5.74, 6) is 0.0388. The number of hydrogen-bond donors (Lipinski definition) is 2. The van der Waals surface area contributed by atoms with Crippen LogP contribution in [0.15, 0.2) is 12.1 Å². The van der Waals surface area contributed by atoms with E-state index in [4.69, 9.17) is 0 Å². The fraction of sp³-hybridized carbons (Fsp3) is 0.300. The van der Waals surface area contributed by atoms with Crippen molar-refractivity contribution in [3.05, 3.63) is 23.3 Å². The fourth-order valence-corrected chi connectivity index (χ4v) is 1.20. The Kier molecular flexibility index (Phi) is 2.90. The number of carbonyl (C=O) groups is 1. The Morgan fingerprint density at radius 1 is 1.54 bits per heavy atom. The second-order valence-corrected chi connectivity index (χ2v) is 2.84. The highest BCUT2D eigenvalue weighted by Gasteiger charge is 2.07. The molecule has 1 aromatic carbocycles. The van der Waals surface area contributed by atoms with E-state index in [1.54, 1.807) is 12.1 Å². The number of aldehydes is 1. The van der Waals surface area contributed by atoms with Crippen molar-refractivity contribution in [3.8, 4) is 5.75 Å². The minimum absolute atomic E-state index is 0.0388. The average molecular weight is 179 g/mol. The van der Waals surface area contributed by atoms with Gasteiger partial charge in [-0.3, -0.25) is 4.79 Å². The number of aryl methyl sites for hydroxylation is 1. The summed E-state index contributed by atoms with van der Waals surface area (Å²) in [4.78, 5) is 10.5. The first kappa shape index (κ1) is 9.58. The third-order valence-corrected chi connectivity index (χ3v) is 1.90. The maximum absolute atomic E-state index is 10.5. The quantitative estimate of drug-likeness (QED) is 0.550. The minimum atomic E-state index is 0.0388. The van der Waals surface area contributed by atoms with Crippen molar-refractivity contribution in [3.63, 3.8) is 0 Å². The molecule has 0 bridgehead atoms. The first-order valence-electron chi connectivity index (χ1n) is 4.22. The van der Waals surface area contributed by atoms with Crippen molar-refractivity contribution < 1.29 is 9.90 Å². The van der Waals surface area contributed by atoms with Gasteiger partial charge < -0.3 is 10.4 Å². The normalized spacial score (nSPS) is 9.69. The van der Waals surface area contributed by atoms with Crippen molar-refractivity contribution in [1.29, 1.82) is 0 Å². The van der Waals surface area contributed by atoms with E-state index in [2.05, 4.69) is 5.32 Å². The highest BCUT2D eigenvalue weighted by Crippen LogP contribution is 2.29. The Hall–Kier alpha value is -1.51. The fourth-order valence-electron chi connectivity index (χ4n) is 1.20. The summed E-state index contributed by atoms with van der Waals surface area (Å²) in [5.41, 5.74) is 1.90. The van der Waals surface area contributed by atoms with Crippen LogP contribution in [0.1, 0.15) is 22.8 Å². The van der Waals surface area contributed by atoms with Crippen molar-refractivity contribution in [1.82, 2.24) is 0 Å². The Balaban J connectivity index is 3.21. The minimum Gasteiger partial charge on any atom is -0.505 e. The van der Waals surface area contributed by atoms with Gasteiger partial charge >= 0.3 is 0 Å². The Morgan fingerprint density at radius 3 is 2.77 bits per heavy atom. The molecule has 0 aliphatic carbocycles. The first-order chi connectivity index (χ1) is 6.20. The van der Waals surface area contributed by atoms with Gasteiger partial charge in [0.25, 0.3) is 0 Å². The number of benzene rings is 1. The van der Waals surface area contributed by atoms with Gasteiger partial charge in [0.05, 0.1) is 11.3 Å². The van der Waals surface area contributed by atoms with Gasteiger partial charge in [-0.1, -0.05) is 6.07 Å². The molecule has 70 valence electrons. The molecule has 0 atom stereocenters. The maximum Gasteiger partial charge on any atom is 0.153 e. The van der Waals surface area contributed by atoms with Crippen LogP contribution in [0.3, 0.4) is 0 Å². The monoisotopic (exact) mass is 179 g/mol. The molecule has 0 heterocycles. The van der Waals surface area contributed by atoms with Crippen LogP contribution >= 0.6 is 0 Å². The number of rotatable bonds is 3. The smallest absolute Gasteiger partial charge is 0.153 e. The molecule has 0 spiro atoms. The summed E-state index contributed by atoms with van der Waals surface area (Å²) in [7, 11) is 0. The number of anilines is 1. The molecule has 0 aliphatic heterocycles. The van der Waals surface area contributed by atoms with Gasteiger partial charge in [0.15, 0.2) is 6.29 Å². The molecule has 0 fully saturated rings. The highest BCUT2D eigenvalue weighted by molar-refractivity contribution is 5.84. The zero-order valence-corrected chi connectivity index (χ0v) is 7.79. The molecule has 0 saturated heterocycles. The molecule has 3 nitrogen and oxygen atoms in total. The molecule has 0 amide bonds. The SMILES string of the molecule is CCNc1c(C)ccc(C=O)c1O. The van der Waals surface area contributed by atoms with Crippen molar-refractivity contribution >= 4 is 12.0 Å². The van der Waals surface area contributed by atoms with Crippen LogP contribution in [0, 0.1) is 6.92 Å². The lowest BCUT2D eigenvalue weighted by Gasteiger charge is -2.10. The van der Waals surface area contributed by atoms with Crippen LogP contribution in [0.2, 0.25) is 0 Å². The van der Waals surface area contributed by atoms with E-state index in [9.17, 15) is 9.90 Å². The van der Waals surface area contributed by atoms with Crippen LogP contribution in [-0.4, -0.2) is 17.9 Å². The number of phenolic OH excluding ortho intramolecular Hbond substituents is 1. The highest BCUT2D eigenvalue weighted by atomic mass is 16.3. The largest absolute Gasteiger partial charge is 0.505 e. The van der Waals surface area contributed by atoms with E-state index in [0.717, 1.165) is 12.1 Å². The predicted molar refractivity (Wildman–Crippen MR) is 52.4 cm³/mol. The summed E-state index contributed by atoms with van der Waals surface area (Å²) in [6.07, 6.45) is 0.648. The summed E-state index contributed by atoms with van der Waals surface area (Å²) in [6.45, 7) is 4.54. The maximum atomic E-state index is 10.5. The summed E-state index contributed by atoms with van der Waals surface area (Å²) >= 11 is 0. The van der Waals surface area contributed by atoms with Gasteiger partial charge in [0.1, 0.15) is 5.75 Å². The molecular weight excluding hydrogens is 166 g/mol. The topological polar surface area (TPSA) is 49.3 Å². The van der Waals surface area contributed by atoms with Crippen molar-refractivity contribution in [2.75, 3.05) is 11.9 Å². The van der Waals surface area contributed by atoms with Crippen LogP contribution in [0.5, 0.6) is 5.75 Å². The third-order valence-electron chi connectivity index (χ3n) is 1.90. The zero-order valence-electron chi connectivity index (χ0n) is 7.79. The van der Waals surface area contributed by atoms with E-state index in [-0.39, 0.29) is 5.75 Å². The summed E-state index contributed by atoms with van der Waals surface area (Å²) in [5, 5.41) is 12.6. The first-order valence-corrected chi connectivity index (χ1v) is 4.22. The van der Waals surface area contributed by atoms with E-state index in [1.807, 2.05) is 13.8 Å². The van der Waals surface area contributed by atoms with Crippen LogP contribution in [-0.2, 0) is 0 Å². The second-order valence-electron chi connectivity index (χ2n) is 2.84. The van der Waals surface area contributed by atoms with Gasteiger partial charge in [0, 0.05) is 6.54 Å². The summed E-state index contributed by atoms with van der Waals surface area (Å²) in [6, 6.07) is 3.42. The molecule has 0 saturated carbocycles. The molecule has 2 N–H and O–H groups in total. The number of aromatic hydroxyl groups is 1. The van der Waals surface area contributed by atoms with E-state index in [0.29, 0.717) is 17.5 Å². The molecule has 1 aromatic rings. The van der Waals surface area contributed by atoms with Gasteiger partial charge in [-0.15, -0.1) is 0 Å². The number of carbonyl (C=O) groups excluding carboxylic acids is 1. The van der Waals surface area contributed by atoms with Gasteiger partial charge in [-0.25, -0.2) is 0 Å². The van der Waals surface area contributed by atoms with Crippen molar-refractivity contribution in [2.45, 2.75) is 13.8 Å². The zero-order chi connectivity index (χ0) is 9.84. The Bertz CT molecular complexity index is 321. The van der Waals surface area contributed by atoms with Crippen LogP contribution < -0.4 is 5.32 Å². The molecule has 1 rings (SSSR count). The second kappa shape index (κ2) is 3.94. The molecule has 3 heteroatoms. The molecule has 13 heavy (non-hydrogen) atoms. The lowest BCUT2D eigenvalue weighted by atomic mass is 10.1. The summed E-state index contributed by atoms with van der Waals surface area (Å²) < 4.78 is 0. The molecular formula is C10H13NO2. The predicted octanol–water partition coefficient (Wildman–Crippen LogP) is 1.94. The molecule has 0 radical (unpaired) electrons. The lowest BCUT2D eigenvalue weighted by molar-refractivity contribution is 0.112. The van der Waals surface area contributed by atoms with Crippen LogP contribution in [0.25, 0.3) is 0 Å². The molecule has 0 aliphatic rings. The Morgan fingerprint density at radius 2 is 2.23 bits per heavy atom.